The first-order chi connectivity index (χ1) is 7.43. The van der Waals surface area contributed by atoms with Crippen LogP contribution in [0.2, 0.25) is 0 Å². The Bertz CT molecular complexity index is 329. The Morgan fingerprint density at radius 3 is 3.13 bits per heavy atom. The predicted octanol–water partition coefficient (Wildman–Crippen LogP) is 0.0817. The van der Waals surface area contributed by atoms with E-state index < -0.39 is 0 Å². The number of aliphatic imine (C=N–C) groups is 1. The molecule has 0 aliphatic carbocycles. The minimum Gasteiger partial charge on any atom is -0.457 e. The van der Waals surface area contributed by atoms with E-state index in [4.69, 9.17) is 4.74 Å². The highest BCUT2D eigenvalue weighted by atomic mass is 16.5. The van der Waals surface area contributed by atoms with Crippen LogP contribution in [0.5, 0.6) is 0 Å². The highest BCUT2D eigenvalue weighted by molar-refractivity contribution is 5.85. The minimum atomic E-state index is -0.00548. The van der Waals surface area contributed by atoms with Crippen LogP contribution in [0.25, 0.3) is 0 Å². The lowest BCUT2D eigenvalue weighted by Crippen LogP contribution is -2.31. The zero-order chi connectivity index (χ0) is 10.1. The van der Waals surface area contributed by atoms with Gasteiger partial charge in [0.1, 0.15) is 5.84 Å². The van der Waals surface area contributed by atoms with Gasteiger partial charge in [0.25, 0.3) is 0 Å². The predicted molar refractivity (Wildman–Crippen MR) is 56.8 cm³/mol. The number of ether oxygens (including phenoxy) is 1. The standard InChI is InChI=1S/C9H13N5O/c1-3-11-13(4-1)8-2-5-14(12-8)9-6-10-7-15-9/h3,7,9H,1-2,4-6H2. The molecule has 3 aliphatic rings. The van der Waals surface area contributed by atoms with E-state index in [2.05, 4.69) is 15.2 Å². The van der Waals surface area contributed by atoms with Crippen LogP contribution in [0, 0.1) is 0 Å². The summed E-state index contributed by atoms with van der Waals surface area (Å²) in [6.07, 6.45) is 5.39. The fraction of sp³-hybridized carbons (Fsp3) is 0.667. The van der Waals surface area contributed by atoms with Crippen molar-refractivity contribution in [3.8, 4) is 0 Å². The van der Waals surface area contributed by atoms with Gasteiger partial charge in [-0.15, -0.1) is 0 Å². The van der Waals surface area contributed by atoms with Gasteiger partial charge in [0.05, 0.1) is 6.54 Å². The van der Waals surface area contributed by atoms with Crippen molar-refractivity contribution in [1.82, 2.24) is 10.0 Å². The summed E-state index contributed by atoms with van der Waals surface area (Å²) in [5, 5.41) is 12.7. The van der Waals surface area contributed by atoms with Gasteiger partial charge in [0.2, 0.25) is 6.23 Å². The average molecular weight is 207 g/mol. The zero-order valence-electron chi connectivity index (χ0n) is 8.41. The molecular formula is C9H13N5O. The first-order valence-corrected chi connectivity index (χ1v) is 5.21. The first kappa shape index (κ1) is 8.70. The molecule has 0 fully saturated rings. The molecule has 0 radical (unpaired) electrons. The third kappa shape index (κ3) is 1.55. The first-order valence-electron chi connectivity index (χ1n) is 5.21. The second-order valence-corrected chi connectivity index (χ2v) is 3.70. The van der Waals surface area contributed by atoms with Crippen LogP contribution >= 0.6 is 0 Å². The number of hydrazone groups is 2. The van der Waals surface area contributed by atoms with Crippen LogP contribution in [0.3, 0.4) is 0 Å². The maximum atomic E-state index is 5.32. The SMILES string of the molecule is C1=NCC(N2CCC(N3CCC=N3)=N2)O1. The Kier molecular flexibility index (Phi) is 2.04. The Balaban J connectivity index is 1.66. The van der Waals surface area contributed by atoms with Crippen LogP contribution in [0.15, 0.2) is 15.2 Å². The second kappa shape index (κ2) is 3.52. The zero-order valence-corrected chi connectivity index (χ0v) is 8.41. The van der Waals surface area contributed by atoms with Crippen molar-refractivity contribution in [2.45, 2.75) is 19.1 Å². The van der Waals surface area contributed by atoms with E-state index in [0.29, 0.717) is 6.54 Å². The summed E-state index contributed by atoms with van der Waals surface area (Å²) >= 11 is 0. The van der Waals surface area contributed by atoms with E-state index in [1.54, 1.807) is 0 Å². The number of rotatable bonds is 1. The molecule has 0 amide bonds. The molecule has 0 saturated heterocycles. The summed E-state index contributed by atoms with van der Waals surface area (Å²) in [6.45, 7) is 2.53. The van der Waals surface area contributed by atoms with E-state index in [0.717, 1.165) is 31.8 Å². The second-order valence-electron chi connectivity index (χ2n) is 3.70. The number of nitrogens with zero attached hydrogens (tertiary/aromatic N) is 5. The summed E-state index contributed by atoms with van der Waals surface area (Å²) in [5.74, 6) is 1.04. The smallest absolute Gasteiger partial charge is 0.207 e. The molecule has 15 heavy (non-hydrogen) atoms. The van der Waals surface area contributed by atoms with E-state index in [1.165, 1.54) is 6.40 Å². The Morgan fingerprint density at radius 1 is 1.40 bits per heavy atom. The van der Waals surface area contributed by atoms with E-state index in [-0.39, 0.29) is 6.23 Å². The topological polar surface area (TPSA) is 52.8 Å². The molecule has 80 valence electrons. The molecule has 3 aliphatic heterocycles. The summed E-state index contributed by atoms with van der Waals surface area (Å²) < 4.78 is 5.32. The Morgan fingerprint density at radius 2 is 2.40 bits per heavy atom. The number of amidine groups is 1. The molecule has 0 saturated carbocycles. The van der Waals surface area contributed by atoms with E-state index in [1.807, 2.05) is 16.2 Å². The van der Waals surface area contributed by atoms with Crippen molar-refractivity contribution in [2.24, 2.45) is 15.2 Å². The summed E-state index contributed by atoms with van der Waals surface area (Å²) in [4.78, 5) is 4.03. The van der Waals surface area contributed by atoms with Crippen molar-refractivity contribution in [3.63, 3.8) is 0 Å². The lowest BCUT2D eigenvalue weighted by Gasteiger charge is -2.19. The van der Waals surface area contributed by atoms with Crippen LogP contribution in [0.1, 0.15) is 12.8 Å². The highest BCUT2D eigenvalue weighted by Crippen LogP contribution is 2.17. The molecular weight excluding hydrogens is 194 g/mol. The molecule has 3 rings (SSSR count). The summed E-state index contributed by atoms with van der Waals surface area (Å²) in [6, 6.07) is 0. The maximum Gasteiger partial charge on any atom is 0.207 e. The minimum absolute atomic E-state index is 0.00548. The van der Waals surface area contributed by atoms with Crippen molar-refractivity contribution < 1.29 is 4.74 Å². The number of hydrogen-bond donors (Lipinski definition) is 0. The largest absolute Gasteiger partial charge is 0.457 e. The molecule has 0 bridgehead atoms. The summed E-state index contributed by atoms with van der Waals surface area (Å²) in [7, 11) is 0. The lowest BCUT2D eigenvalue weighted by atomic mass is 10.4. The fourth-order valence-corrected chi connectivity index (χ4v) is 1.90. The molecule has 1 unspecified atom stereocenters. The summed E-state index contributed by atoms with van der Waals surface area (Å²) in [5.41, 5.74) is 0. The molecule has 6 nitrogen and oxygen atoms in total. The fourth-order valence-electron chi connectivity index (χ4n) is 1.90. The molecule has 0 N–H and O–H groups in total. The van der Waals surface area contributed by atoms with Crippen LogP contribution in [0.4, 0.5) is 0 Å². The van der Waals surface area contributed by atoms with Gasteiger partial charge in [0, 0.05) is 32.1 Å². The molecule has 0 aromatic rings. The van der Waals surface area contributed by atoms with Gasteiger partial charge in [-0.1, -0.05) is 0 Å². The van der Waals surface area contributed by atoms with Crippen LogP contribution in [-0.2, 0) is 4.74 Å². The third-order valence-electron chi connectivity index (χ3n) is 2.68. The van der Waals surface area contributed by atoms with E-state index in [9.17, 15) is 0 Å². The van der Waals surface area contributed by atoms with Gasteiger partial charge in [-0.25, -0.2) is 5.01 Å². The van der Waals surface area contributed by atoms with Crippen LogP contribution in [-0.4, -0.2) is 54.3 Å². The average Bonchev–Trinajstić information content (AvgIpc) is 3.02. The molecule has 3 heterocycles. The van der Waals surface area contributed by atoms with Gasteiger partial charge < -0.3 is 4.74 Å². The molecule has 0 spiro atoms. The highest BCUT2D eigenvalue weighted by Gasteiger charge is 2.28. The Hall–Kier alpha value is -1.59. The van der Waals surface area contributed by atoms with Crippen molar-refractivity contribution in [1.29, 1.82) is 0 Å². The molecule has 1 atom stereocenters. The van der Waals surface area contributed by atoms with Crippen molar-refractivity contribution >= 4 is 18.5 Å². The maximum absolute atomic E-state index is 5.32. The normalized spacial score (nSPS) is 28.8. The Labute approximate surface area is 87.9 Å². The van der Waals surface area contributed by atoms with Crippen molar-refractivity contribution in [2.75, 3.05) is 19.6 Å². The monoisotopic (exact) mass is 207 g/mol. The van der Waals surface area contributed by atoms with Crippen molar-refractivity contribution in [3.05, 3.63) is 0 Å². The third-order valence-corrected chi connectivity index (χ3v) is 2.68. The quantitative estimate of drug-likeness (QED) is 0.612. The molecule has 0 aromatic heterocycles. The van der Waals surface area contributed by atoms with Crippen LogP contribution < -0.4 is 0 Å². The van der Waals surface area contributed by atoms with Gasteiger partial charge in [0.15, 0.2) is 6.40 Å². The van der Waals surface area contributed by atoms with Gasteiger partial charge >= 0.3 is 0 Å². The molecule has 0 aromatic carbocycles. The lowest BCUT2D eigenvalue weighted by molar-refractivity contribution is 0.0540. The van der Waals surface area contributed by atoms with Gasteiger partial charge in [-0.2, -0.15) is 10.2 Å². The molecule has 6 heteroatoms. The van der Waals surface area contributed by atoms with E-state index >= 15 is 0 Å². The number of hydrogen-bond acceptors (Lipinski definition) is 6. The van der Waals surface area contributed by atoms with Gasteiger partial charge in [-0.05, 0) is 0 Å². The van der Waals surface area contributed by atoms with Gasteiger partial charge in [-0.3, -0.25) is 10.0 Å².